The van der Waals surface area contributed by atoms with Crippen molar-refractivity contribution in [1.82, 2.24) is 15.5 Å². The van der Waals surface area contributed by atoms with Crippen LogP contribution in [-0.2, 0) is 17.8 Å². The summed E-state index contributed by atoms with van der Waals surface area (Å²) in [5.74, 6) is 0.710. The highest BCUT2D eigenvalue weighted by atomic mass is 127. The summed E-state index contributed by atoms with van der Waals surface area (Å²) >= 11 is 0. The third-order valence-corrected chi connectivity index (χ3v) is 4.78. The van der Waals surface area contributed by atoms with Crippen LogP contribution in [0.25, 0.3) is 0 Å². The maximum atomic E-state index is 12.1. The van der Waals surface area contributed by atoms with Gasteiger partial charge in [0.2, 0.25) is 0 Å². The fourth-order valence-corrected chi connectivity index (χ4v) is 2.95. The van der Waals surface area contributed by atoms with Crippen molar-refractivity contribution in [2.75, 3.05) is 20.1 Å². The molecule has 0 bridgehead atoms. The highest BCUT2D eigenvalue weighted by molar-refractivity contribution is 14.0. The number of ether oxygens (including phenoxy) is 1. The fourth-order valence-electron chi connectivity index (χ4n) is 2.95. The molecule has 0 aliphatic heterocycles. The summed E-state index contributed by atoms with van der Waals surface area (Å²) in [6.07, 6.45) is 2.44. The van der Waals surface area contributed by atoms with Crippen LogP contribution in [0.1, 0.15) is 58.1 Å². The molecule has 3 N–H and O–H groups in total. The Kier molecular flexibility index (Phi) is 10.4. The molecule has 0 radical (unpaired) electrons. The van der Waals surface area contributed by atoms with Crippen molar-refractivity contribution in [3.8, 4) is 0 Å². The van der Waals surface area contributed by atoms with Gasteiger partial charge in [0.1, 0.15) is 5.60 Å². The first-order valence-electron chi connectivity index (χ1n) is 10.4. The van der Waals surface area contributed by atoms with E-state index in [4.69, 9.17) is 4.74 Å². The number of carbonyl (C=O) groups is 1. The molecule has 7 nitrogen and oxygen atoms in total. The van der Waals surface area contributed by atoms with Crippen molar-refractivity contribution in [2.45, 2.75) is 71.2 Å². The molecule has 1 aromatic rings. The minimum atomic E-state index is -0.585. The number of rotatable bonds is 7. The van der Waals surface area contributed by atoms with Crippen LogP contribution in [0, 0.1) is 0 Å². The van der Waals surface area contributed by atoms with Gasteiger partial charge in [-0.3, -0.25) is 0 Å². The van der Waals surface area contributed by atoms with Crippen LogP contribution in [0.2, 0.25) is 0 Å². The van der Waals surface area contributed by atoms with Gasteiger partial charge in [-0.2, -0.15) is 0 Å². The Morgan fingerprint density at radius 1 is 1.20 bits per heavy atom. The first-order chi connectivity index (χ1) is 13.6. The summed E-state index contributed by atoms with van der Waals surface area (Å²) in [5.41, 5.74) is 1.02. The highest BCUT2D eigenvalue weighted by Gasteiger charge is 2.34. The Hall–Kier alpha value is -1.55. The van der Waals surface area contributed by atoms with Crippen LogP contribution in [0.4, 0.5) is 4.79 Å². The van der Waals surface area contributed by atoms with Crippen LogP contribution >= 0.6 is 24.0 Å². The number of nitrogens with zero attached hydrogens (tertiary/aromatic N) is 2. The summed E-state index contributed by atoms with van der Waals surface area (Å²) in [7, 11) is 1.73. The van der Waals surface area contributed by atoms with Gasteiger partial charge in [0.05, 0.1) is 12.1 Å². The monoisotopic (exact) mass is 532 g/mol. The molecule has 30 heavy (non-hydrogen) atoms. The molecule has 170 valence electrons. The number of guanidine groups is 1. The Balaban J connectivity index is 0.00000450. The van der Waals surface area contributed by atoms with E-state index < -0.39 is 11.2 Å². The number of aliphatic hydroxyl groups is 1. The number of nitrogens with one attached hydrogen (secondary N) is 2. The predicted molar refractivity (Wildman–Crippen MR) is 131 cm³/mol. The quantitative estimate of drug-likeness (QED) is 0.284. The Morgan fingerprint density at radius 3 is 2.30 bits per heavy atom. The van der Waals surface area contributed by atoms with Gasteiger partial charge < -0.3 is 25.4 Å². The molecule has 1 saturated carbocycles. The predicted octanol–water partition coefficient (Wildman–Crippen LogP) is 3.64. The maximum absolute atomic E-state index is 12.1. The van der Waals surface area contributed by atoms with Gasteiger partial charge in [0.15, 0.2) is 5.96 Å². The second-order valence-corrected chi connectivity index (χ2v) is 8.78. The van der Waals surface area contributed by atoms with E-state index in [0.29, 0.717) is 25.6 Å². The van der Waals surface area contributed by atoms with Crippen molar-refractivity contribution in [2.24, 2.45) is 4.99 Å². The second-order valence-electron chi connectivity index (χ2n) is 8.78. The van der Waals surface area contributed by atoms with E-state index in [0.717, 1.165) is 36.9 Å². The van der Waals surface area contributed by atoms with E-state index in [1.807, 2.05) is 52.0 Å². The fraction of sp³-hybridized carbons (Fsp3) is 0.636. The standard InChI is InChI=1S/C22H36N4O3.HI/c1-6-23-19(25-16-22(28)12-7-13-22)24-14-17-8-10-18(11-9-17)15-26(5)20(27)29-21(2,3)4;/h8-11,28H,6-7,12-16H2,1-5H3,(H2,23,24,25);1H. The SMILES string of the molecule is CCNC(=NCc1ccc(CN(C)C(=O)OC(C)(C)C)cc1)NCC1(O)CCC1.I. The van der Waals surface area contributed by atoms with Gasteiger partial charge in [0.25, 0.3) is 0 Å². The molecule has 0 heterocycles. The van der Waals surface area contributed by atoms with E-state index in [1.54, 1.807) is 11.9 Å². The molecule has 1 aliphatic rings. The topological polar surface area (TPSA) is 86.2 Å². The Labute approximate surface area is 197 Å². The summed E-state index contributed by atoms with van der Waals surface area (Å²) in [6, 6.07) is 8.04. The van der Waals surface area contributed by atoms with Crippen molar-refractivity contribution < 1.29 is 14.6 Å². The minimum Gasteiger partial charge on any atom is -0.444 e. The van der Waals surface area contributed by atoms with Crippen LogP contribution in [0.5, 0.6) is 0 Å². The maximum Gasteiger partial charge on any atom is 0.410 e. The van der Waals surface area contributed by atoms with Gasteiger partial charge in [-0.25, -0.2) is 9.79 Å². The van der Waals surface area contributed by atoms with Crippen LogP contribution in [0.15, 0.2) is 29.3 Å². The van der Waals surface area contributed by atoms with Crippen molar-refractivity contribution in [3.05, 3.63) is 35.4 Å². The Morgan fingerprint density at radius 2 is 1.80 bits per heavy atom. The molecular weight excluding hydrogens is 495 g/mol. The first-order valence-corrected chi connectivity index (χ1v) is 10.4. The smallest absolute Gasteiger partial charge is 0.410 e. The minimum absolute atomic E-state index is 0. The number of amides is 1. The van der Waals surface area contributed by atoms with Crippen molar-refractivity contribution >= 4 is 36.0 Å². The normalized spacial score (nSPS) is 15.5. The molecule has 0 aromatic heterocycles. The molecule has 0 unspecified atom stereocenters. The zero-order chi connectivity index (χ0) is 21.5. The van der Waals surface area contributed by atoms with Gasteiger partial charge in [0, 0.05) is 26.7 Å². The lowest BCUT2D eigenvalue weighted by Gasteiger charge is -2.37. The molecule has 2 rings (SSSR count). The number of carbonyl (C=O) groups excluding carboxylic acids is 1. The first kappa shape index (κ1) is 26.5. The zero-order valence-electron chi connectivity index (χ0n) is 18.8. The summed E-state index contributed by atoms with van der Waals surface area (Å²) in [4.78, 5) is 18.3. The van der Waals surface area contributed by atoms with E-state index >= 15 is 0 Å². The van der Waals surface area contributed by atoms with Crippen molar-refractivity contribution in [3.63, 3.8) is 0 Å². The highest BCUT2D eigenvalue weighted by Crippen LogP contribution is 2.30. The molecule has 1 aliphatic carbocycles. The van der Waals surface area contributed by atoms with E-state index in [9.17, 15) is 9.90 Å². The second kappa shape index (κ2) is 11.7. The molecule has 8 heteroatoms. The third-order valence-electron chi connectivity index (χ3n) is 4.78. The van der Waals surface area contributed by atoms with E-state index in [1.165, 1.54) is 0 Å². The van der Waals surface area contributed by atoms with E-state index in [2.05, 4.69) is 15.6 Å². The molecule has 0 atom stereocenters. The van der Waals surface area contributed by atoms with Crippen LogP contribution in [-0.4, -0.2) is 53.4 Å². The van der Waals surface area contributed by atoms with Gasteiger partial charge in [-0.05, 0) is 58.1 Å². The number of benzene rings is 1. The lowest BCUT2D eigenvalue weighted by molar-refractivity contribution is -0.0279. The summed E-state index contributed by atoms with van der Waals surface area (Å²) < 4.78 is 5.38. The Bertz CT molecular complexity index is 697. The largest absolute Gasteiger partial charge is 0.444 e. The zero-order valence-corrected chi connectivity index (χ0v) is 21.2. The lowest BCUT2D eigenvalue weighted by Crippen LogP contribution is -2.50. The van der Waals surface area contributed by atoms with Crippen LogP contribution in [0.3, 0.4) is 0 Å². The average Bonchev–Trinajstić information content (AvgIpc) is 2.62. The number of hydrogen-bond acceptors (Lipinski definition) is 4. The number of halogens is 1. The average molecular weight is 532 g/mol. The summed E-state index contributed by atoms with van der Waals surface area (Å²) in [6.45, 7) is 9.91. The van der Waals surface area contributed by atoms with Crippen molar-refractivity contribution in [1.29, 1.82) is 0 Å². The lowest BCUT2D eigenvalue weighted by atomic mass is 9.80. The molecule has 1 fully saturated rings. The number of hydrogen-bond donors (Lipinski definition) is 3. The molecular formula is C22H37IN4O3. The molecule has 0 saturated heterocycles. The van der Waals surface area contributed by atoms with Gasteiger partial charge in [-0.1, -0.05) is 24.3 Å². The van der Waals surface area contributed by atoms with Gasteiger partial charge in [-0.15, -0.1) is 24.0 Å². The van der Waals surface area contributed by atoms with Crippen LogP contribution < -0.4 is 10.6 Å². The van der Waals surface area contributed by atoms with E-state index in [-0.39, 0.29) is 30.1 Å². The molecule has 0 spiro atoms. The number of aliphatic imine (C=N–C) groups is 1. The molecule has 1 amide bonds. The molecule has 1 aromatic carbocycles. The van der Waals surface area contributed by atoms with Gasteiger partial charge >= 0.3 is 6.09 Å². The third kappa shape index (κ3) is 9.07. The summed E-state index contributed by atoms with van der Waals surface area (Å²) in [5, 5.41) is 16.7.